The van der Waals surface area contributed by atoms with Gasteiger partial charge in [-0.05, 0) is 47.4 Å². The van der Waals surface area contributed by atoms with Crippen molar-refractivity contribution in [3.8, 4) is 0 Å². The van der Waals surface area contributed by atoms with Gasteiger partial charge in [0.05, 0.1) is 15.2 Å². The lowest BCUT2D eigenvalue weighted by molar-refractivity contribution is 0.486. The minimum Gasteiger partial charge on any atom is -0.310 e. The molecule has 1 aromatic carbocycles. The van der Waals surface area contributed by atoms with Crippen LogP contribution in [0.15, 0.2) is 22.0 Å². The summed E-state index contributed by atoms with van der Waals surface area (Å²) in [7, 11) is 0. The van der Waals surface area contributed by atoms with Crippen LogP contribution in [0.25, 0.3) is 0 Å². The third-order valence-corrected chi connectivity index (χ3v) is 4.79. The molecule has 0 saturated carbocycles. The predicted molar refractivity (Wildman–Crippen MR) is 85.6 cm³/mol. The number of hydrogen-bond donors (Lipinski definition) is 1. The van der Waals surface area contributed by atoms with Crippen LogP contribution in [0.2, 0.25) is 0 Å². The monoisotopic (exact) mass is 374 g/mol. The van der Waals surface area contributed by atoms with Crippen LogP contribution in [0.5, 0.6) is 0 Å². The molecular formula is C15H17BrF2N2S. The predicted octanol–water partition coefficient (Wildman–Crippen LogP) is 4.78. The van der Waals surface area contributed by atoms with Crippen molar-refractivity contribution in [1.29, 1.82) is 0 Å². The molecule has 1 atom stereocenters. The van der Waals surface area contributed by atoms with Gasteiger partial charge in [-0.1, -0.05) is 13.0 Å². The van der Waals surface area contributed by atoms with Crippen molar-refractivity contribution in [2.75, 3.05) is 6.54 Å². The van der Waals surface area contributed by atoms with Gasteiger partial charge in [0.25, 0.3) is 0 Å². The Labute approximate surface area is 135 Å². The summed E-state index contributed by atoms with van der Waals surface area (Å²) in [5.41, 5.74) is 1.68. The summed E-state index contributed by atoms with van der Waals surface area (Å²) in [4.78, 5) is 4.45. The van der Waals surface area contributed by atoms with E-state index in [0.717, 1.165) is 23.7 Å². The minimum atomic E-state index is -0.843. The zero-order valence-electron chi connectivity index (χ0n) is 11.9. The van der Waals surface area contributed by atoms with Gasteiger partial charge in [-0.15, -0.1) is 11.3 Å². The number of hydrogen-bond acceptors (Lipinski definition) is 3. The molecule has 1 heterocycles. The molecule has 0 saturated heterocycles. The molecule has 0 bridgehead atoms. The highest BCUT2D eigenvalue weighted by Crippen LogP contribution is 2.30. The number of nitrogens with zero attached hydrogens (tertiary/aromatic N) is 1. The molecular weight excluding hydrogens is 358 g/mol. The van der Waals surface area contributed by atoms with Gasteiger partial charge in [0, 0.05) is 17.8 Å². The van der Waals surface area contributed by atoms with Crippen molar-refractivity contribution in [2.45, 2.75) is 32.7 Å². The summed E-state index contributed by atoms with van der Waals surface area (Å²) in [5, 5.41) is 6.38. The molecule has 6 heteroatoms. The third-order valence-electron chi connectivity index (χ3n) is 3.16. The molecule has 2 nitrogen and oxygen atoms in total. The van der Waals surface area contributed by atoms with Crippen molar-refractivity contribution < 1.29 is 8.78 Å². The van der Waals surface area contributed by atoms with Gasteiger partial charge in [-0.3, -0.25) is 0 Å². The van der Waals surface area contributed by atoms with Crippen molar-refractivity contribution >= 4 is 27.3 Å². The molecule has 21 heavy (non-hydrogen) atoms. The molecule has 0 aliphatic rings. The number of nitrogens with one attached hydrogen (secondary N) is 1. The van der Waals surface area contributed by atoms with E-state index in [1.165, 1.54) is 6.07 Å². The molecule has 0 spiro atoms. The van der Waals surface area contributed by atoms with Crippen LogP contribution in [0.3, 0.4) is 0 Å². The fourth-order valence-electron chi connectivity index (χ4n) is 2.13. The standard InChI is InChI=1S/C15H17BrF2N2S/c1-3-6-19-13(7-10-8-21-9(2)20-10)11-4-5-12(17)15(18)14(11)16/h4-5,8,13,19H,3,6-7H2,1-2H3. The Morgan fingerprint density at radius 1 is 1.38 bits per heavy atom. The maximum absolute atomic E-state index is 13.8. The first-order chi connectivity index (χ1) is 10.0. The second-order valence-electron chi connectivity index (χ2n) is 4.83. The van der Waals surface area contributed by atoms with Crippen molar-refractivity contribution in [3.63, 3.8) is 0 Å². The van der Waals surface area contributed by atoms with Gasteiger partial charge in [-0.25, -0.2) is 13.8 Å². The van der Waals surface area contributed by atoms with E-state index in [1.54, 1.807) is 17.4 Å². The minimum absolute atomic E-state index is 0.101. The highest BCUT2D eigenvalue weighted by atomic mass is 79.9. The average Bonchev–Trinajstić information content (AvgIpc) is 2.87. The lowest BCUT2D eigenvalue weighted by atomic mass is 10.0. The van der Waals surface area contributed by atoms with Crippen LogP contribution in [-0.4, -0.2) is 11.5 Å². The Morgan fingerprint density at radius 2 is 2.14 bits per heavy atom. The number of aryl methyl sites for hydroxylation is 1. The van der Waals surface area contributed by atoms with Gasteiger partial charge in [0.15, 0.2) is 11.6 Å². The van der Waals surface area contributed by atoms with Crippen LogP contribution < -0.4 is 5.32 Å². The highest BCUT2D eigenvalue weighted by molar-refractivity contribution is 9.10. The Morgan fingerprint density at radius 3 is 2.76 bits per heavy atom. The highest BCUT2D eigenvalue weighted by Gasteiger charge is 2.20. The number of thiazole rings is 1. The summed E-state index contributed by atoms with van der Waals surface area (Å²) in [6.45, 7) is 4.83. The maximum atomic E-state index is 13.8. The van der Waals surface area contributed by atoms with E-state index in [1.807, 2.05) is 12.3 Å². The van der Waals surface area contributed by atoms with Gasteiger partial charge in [0.2, 0.25) is 0 Å². The van der Waals surface area contributed by atoms with E-state index in [-0.39, 0.29) is 10.5 Å². The number of rotatable bonds is 6. The Balaban J connectivity index is 2.29. The van der Waals surface area contributed by atoms with Crippen LogP contribution in [-0.2, 0) is 6.42 Å². The van der Waals surface area contributed by atoms with Crippen molar-refractivity contribution in [2.24, 2.45) is 0 Å². The zero-order chi connectivity index (χ0) is 15.4. The molecule has 1 aromatic heterocycles. The van der Waals surface area contributed by atoms with E-state index in [9.17, 15) is 8.78 Å². The number of benzene rings is 1. The van der Waals surface area contributed by atoms with Crippen LogP contribution in [0.1, 0.15) is 35.7 Å². The van der Waals surface area contributed by atoms with Gasteiger partial charge in [-0.2, -0.15) is 0 Å². The van der Waals surface area contributed by atoms with E-state index in [0.29, 0.717) is 12.0 Å². The molecule has 0 fully saturated rings. The second-order valence-corrected chi connectivity index (χ2v) is 6.69. The molecule has 0 aliphatic carbocycles. The van der Waals surface area contributed by atoms with E-state index < -0.39 is 11.6 Å². The summed E-state index contributed by atoms with van der Waals surface area (Å²) in [6, 6.07) is 2.69. The topological polar surface area (TPSA) is 24.9 Å². The summed E-state index contributed by atoms with van der Waals surface area (Å²) >= 11 is 4.76. The Kier molecular flexibility index (Phi) is 5.84. The van der Waals surface area contributed by atoms with Gasteiger partial charge < -0.3 is 5.32 Å². The molecule has 0 amide bonds. The molecule has 0 aliphatic heterocycles. The molecule has 2 rings (SSSR count). The largest absolute Gasteiger partial charge is 0.310 e. The zero-order valence-corrected chi connectivity index (χ0v) is 14.3. The maximum Gasteiger partial charge on any atom is 0.173 e. The second kappa shape index (κ2) is 7.42. The molecule has 1 unspecified atom stereocenters. The summed E-state index contributed by atoms with van der Waals surface area (Å²) in [5.74, 6) is -1.69. The summed E-state index contributed by atoms with van der Waals surface area (Å²) < 4.78 is 27.2. The van der Waals surface area contributed by atoms with Crippen molar-refractivity contribution in [3.05, 3.63) is 49.9 Å². The summed E-state index contributed by atoms with van der Waals surface area (Å²) in [6.07, 6.45) is 1.61. The fraction of sp³-hybridized carbons (Fsp3) is 0.400. The average molecular weight is 375 g/mol. The quantitative estimate of drug-likeness (QED) is 0.736. The first-order valence-electron chi connectivity index (χ1n) is 6.80. The smallest absolute Gasteiger partial charge is 0.173 e. The lowest BCUT2D eigenvalue weighted by Crippen LogP contribution is -2.25. The van der Waals surface area contributed by atoms with E-state index >= 15 is 0 Å². The molecule has 0 radical (unpaired) electrons. The Hall–Kier alpha value is -0.850. The molecule has 2 aromatic rings. The lowest BCUT2D eigenvalue weighted by Gasteiger charge is -2.20. The van der Waals surface area contributed by atoms with Gasteiger partial charge in [0.1, 0.15) is 0 Å². The first kappa shape index (κ1) is 16.5. The fourth-order valence-corrected chi connectivity index (χ4v) is 3.36. The Bertz CT molecular complexity index is 616. The number of aromatic nitrogens is 1. The molecule has 114 valence electrons. The molecule has 1 N–H and O–H groups in total. The van der Waals surface area contributed by atoms with Crippen molar-refractivity contribution in [1.82, 2.24) is 10.3 Å². The van der Waals surface area contributed by atoms with E-state index in [2.05, 4.69) is 33.2 Å². The first-order valence-corrected chi connectivity index (χ1v) is 8.48. The normalized spacial score (nSPS) is 12.6. The van der Waals surface area contributed by atoms with Crippen LogP contribution in [0.4, 0.5) is 8.78 Å². The van der Waals surface area contributed by atoms with Crippen LogP contribution in [0, 0.1) is 18.6 Å². The van der Waals surface area contributed by atoms with Crippen LogP contribution >= 0.6 is 27.3 Å². The van der Waals surface area contributed by atoms with E-state index in [4.69, 9.17) is 0 Å². The number of halogens is 3. The van der Waals surface area contributed by atoms with Gasteiger partial charge >= 0.3 is 0 Å². The SMILES string of the molecule is CCCNC(Cc1csc(C)n1)c1ccc(F)c(F)c1Br. The third kappa shape index (κ3) is 4.08.